The number of aliphatic hydroxyl groups is 2. The van der Waals surface area contributed by atoms with E-state index in [1.807, 2.05) is 6.92 Å². The molecule has 3 N–H and O–H groups in total. The second-order valence-corrected chi connectivity index (χ2v) is 11.4. The molecule has 10 nitrogen and oxygen atoms in total. The molecule has 1 aromatic rings. The lowest BCUT2D eigenvalue weighted by atomic mass is 9.68. The van der Waals surface area contributed by atoms with Crippen molar-refractivity contribution in [1.82, 2.24) is 9.88 Å². The maximum absolute atomic E-state index is 12.8. The number of rotatable bonds is 9. The van der Waals surface area contributed by atoms with E-state index in [2.05, 4.69) is 4.98 Å². The Morgan fingerprint density at radius 1 is 1.40 bits per heavy atom. The van der Waals surface area contributed by atoms with E-state index in [-0.39, 0.29) is 25.3 Å². The van der Waals surface area contributed by atoms with Gasteiger partial charge in [0.25, 0.3) is 0 Å². The summed E-state index contributed by atoms with van der Waals surface area (Å²) in [5.41, 5.74) is 0.331. The Balaban J connectivity index is 1.90. The zero-order valence-electron chi connectivity index (χ0n) is 20.2. The Morgan fingerprint density at radius 2 is 2.09 bits per heavy atom. The van der Waals surface area contributed by atoms with E-state index in [9.17, 15) is 29.7 Å². The van der Waals surface area contributed by atoms with Crippen molar-refractivity contribution < 1.29 is 39.2 Å². The number of carboxylic acids is 1. The van der Waals surface area contributed by atoms with Gasteiger partial charge < -0.3 is 29.7 Å². The molecule has 3 rings (SSSR count). The molecule has 3 heterocycles. The number of carbonyl (C=O) groups is 3. The number of ether oxygens (including phenoxy) is 2. The highest BCUT2D eigenvalue weighted by molar-refractivity contribution is 8.06. The molecule has 0 unspecified atom stereocenters. The highest BCUT2D eigenvalue weighted by Crippen LogP contribution is 2.59. The van der Waals surface area contributed by atoms with Crippen LogP contribution in [-0.4, -0.2) is 67.6 Å². The van der Waals surface area contributed by atoms with Crippen LogP contribution in [0.4, 0.5) is 4.79 Å². The minimum Gasteiger partial charge on any atom is -0.477 e. The molecular weight excluding hydrogens is 496 g/mol. The van der Waals surface area contributed by atoms with Gasteiger partial charge in [-0.1, -0.05) is 18.7 Å². The fourth-order valence-electron chi connectivity index (χ4n) is 4.40. The first-order valence-electron chi connectivity index (χ1n) is 11.0. The summed E-state index contributed by atoms with van der Waals surface area (Å²) in [4.78, 5) is 43.6. The molecule has 0 aliphatic carbocycles. The monoisotopic (exact) mass is 526 g/mol. The molecule has 1 fully saturated rings. The molecule has 192 valence electrons. The molecule has 1 amide bonds. The SMILES string of the molecule is C[C@@H](O)[C@H]1C(=O)N2C(C(=O)O)=C(SC=Cc3scnc3CO)[C@](C)(CCOC(=O)OC(C)(C)C)[C@@H]12. The van der Waals surface area contributed by atoms with Gasteiger partial charge in [0, 0.05) is 10.3 Å². The summed E-state index contributed by atoms with van der Waals surface area (Å²) in [6, 6.07) is -0.601. The van der Waals surface area contributed by atoms with Crippen LogP contribution in [0.15, 0.2) is 21.5 Å². The summed E-state index contributed by atoms with van der Waals surface area (Å²) in [6.07, 6.45) is 0.112. The highest BCUT2D eigenvalue weighted by Gasteiger charge is 2.65. The van der Waals surface area contributed by atoms with Crippen molar-refractivity contribution in [3.63, 3.8) is 0 Å². The first-order valence-corrected chi connectivity index (χ1v) is 12.8. The number of β-lactam (4-membered cyclic amide) rings is 1. The number of thioether (sulfide) groups is 1. The lowest BCUT2D eigenvalue weighted by Crippen LogP contribution is -2.66. The predicted molar refractivity (Wildman–Crippen MR) is 130 cm³/mol. The molecule has 12 heteroatoms. The number of hydrogen-bond acceptors (Lipinski definition) is 10. The standard InChI is InChI=1S/C23H30N2O8S2/c1-12(27)15-17-23(5,7-8-32-21(31)33-22(2,3)4)18(16(20(29)30)25(17)19(15)28)34-9-6-14-13(10-26)24-11-35-14/h6,9,11-12,15,17,26-27H,7-8,10H2,1-5H3,(H,29,30)/t12-,15-,17-,23-/m1/s1. The van der Waals surface area contributed by atoms with E-state index in [1.165, 1.54) is 23.2 Å². The summed E-state index contributed by atoms with van der Waals surface area (Å²) in [7, 11) is 0. The Morgan fingerprint density at radius 3 is 2.66 bits per heavy atom. The third kappa shape index (κ3) is 5.40. The number of amides is 1. The smallest absolute Gasteiger partial charge is 0.477 e. The number of aliphatic carboxylic acids is 1. The maximum Gasteiger partial charge on any atom is 0.508 e. The average Bonchev–Trinajstić information content (AvgIpc) is 3.26. The van der Waals surface area contributed by atoms with Crippen LogP contribution in [0.25, 0.3) is 6.08 Å². The number of hydrogen-bond donors (Lipinski definition) is 3. The molecule has 0 radical (unpaired) electrons. The van der Waals surface area contributed by atoms with Gasteiger partial charge in [-0.25, -0.2) is 14.6 Å². The molecule has 0 spiro atoms. The molecule has 1 saturated heterocycles. The second-order valence-electron chi connectivity index (χ2n) is 9.62. The van der Waals surface area contributed by atoms with Crippen LogP contribution in [0.3, 0.4) is 0 Å². The van der Waals surface area contributed by atoms with Crippen LogP contribution in [0.1, 0.15) is 51.6 Å². The van der Waals surface area contributed by atoms with E-state index in [1.54, 1.807) is 37.8 Å². The first-order chi connectivity index (χ1) is 16.3. The van der Waals surface area contributed by atoms with Crippen LogP contribution in [0.5, 0.6) is 0 Å². The van der Waals surface area contributed by atoms with Gasteiger partial charge in [-0.2, -0.15) is 0 Å². The molecule has 1 aromatic heterocycles. The van der Waals surface area contributed by atoms with Crippen LogP contribution >= 0.6 is 23.1 Å². The van der Waals surface area contributed by atoms with Crippen molar-refractivity contribution >= 4 is 47.2 Å². The molecule has 4 atom stereocenters. The van der Waals surface area contributed by atoms with Crippen molar-refractivity contribution in [2.45, 2.75) is 65.4 Å². The van der Waals surface area contributed by atoms with Gasteiger partial charge in [-0.15, -0.1) is 11.3 Å². The zero-order valence-corrected chi connectivity index (χ0v) is 21.8. The van der Waals surface area contributed by atoms with Crippen LogP contribution in [0.2, 0.25) is 0 Å². The molecular formula is C23H30N2O8S2. The molecule has 0 saturated carbocycles. The maximum atomic E-state index is 12.8. The fraction of sp³-hybridized carbons (Fsp3) is 0.565. The quantitative estimate of drug-likeness (QED) is 0.324. The Bertz CT molecular complexity index is 1060. The topological polar surface area (TPSA) is 146 Å². The van der Waals surface area contributed by atoms with Crippen molar-refractivity contribution in [3.05, 3.63) is 32.1 Å². The normalized spacial score (nSPS) is 25.0. The third-order valence-electron chi connectivity index (χ3n) is 5.95. The number of fused-ring (bicyclic) bond motifs is 1. The molecule has 2 aliphatic rings. The second kappa shape index (κ2) is 10.3. The van der Waals surface area contributed by atoms with Gasteiger partial charge >= 0.3 is 12.1 Å². The van der Waals surface area contributed by atoms with Gasteiger partial charge in [0.1, 0.15) is 11.3 Å². The van der Waals surface area contributed by atoms with Crippen molar-refractivity contribution in [1.29, 1.82) is 0 Å². The summed E-state index contributed by atoms with van der Waals surface area (Å²) in [5, 5.41) is 31.4. The molecule has 0 aromatic carbocycles. The Hall–Kier alpha value is -2.41. The van der Waals surface area contributed by atoms with E-state index in [0.29, 0.717) is 10.6 Å². The lowest BCUT2D eigenvalue weighted by Gasteiger charge is -2.50. The summed E-state index contributed by atoms with van der Waals surface area (Å²) in [5.74, 6) is -2.49. The van der Waals surface area contributed by atoms with Crippen LogP contribution < -0.4 is 0 Å². The predicted octanol–water partition coefficient (Wildman–Crippen LogP) is 3.21. The average molecular weight is 527 g/mol. The lowest BCUT2D eigenvalue weighted by molar-refractivity contribution is -0.167. The first kappa shape index (κ1) is 27.2. The summed E-state index contributed by atoms with van der Waals surface area (Å²) < 4.78 is 10.4. The largest absolute Gasteiger partial charge is 0.508 e. The number of aliphatic hydroxyl groups excluding tert-OH is 2. The minimum absolute atomic E-state index is 0.0688. The van der Waals surface area contributed by atoms with Gasteiger partial charge in [-0.05, 0) is 45.6 Å². The highest BCUT2D eigenvalue weighted by atomic mass is 32.2. The van der Waals surface area contributed by atoms with E-state index < -0.39 is 47.1 Å². The van der Waals surface area contributed by atoms with Gasteiger partial charge in [0.15, 0.2) is 0 Å². The fourth-order valence-corrected chi connectivity index (χ4v) is 6.31. The summed E-state index contributed by atoms with van der Waals surface area (Å²) >= 11 is 2.48. The number of carboxylic acid groups (broad SMARTS) is 1. The molecule has 2 aliphatic heterocycles. The van der Waals surface area contributed by atoms with Crippen LogP contribution in [0, 0.1) is 11.3 Å². The van der Waals surface area contributed by atoms with Crippen molar-refractivity contribution in [2.75, 3.05) is 6.61 Å². The Labute approximate surface area is 211 Å². The van der Waals surface area contributed by atoms with E-state index in [0.717, 1.165) is 16.6 Å². The third-order valence-corrected chi connectivity index (χ3v) is 7.95. The van der Waals surface area contributed by atoms with Crippen molar-refractivity contribution in [2.24, 2.45) is 11.3 Å². The zero-order chi connectivity index (χ0) is 26.1. The number of thiazole rings is 1. The van der Waals surface area contributed by atoms with Gasteiger partial charge in [0.05, 0.1) is 47.4 Å². The summed E-state index contributed by atoms with van der Waals surface area (Å²) in [6.45, 7) is 8.16. The number of nitrogens with zero attached hydrogens (tertiary/aromatic N) is 2. The van der Waals surface area contributed by atoms with Crippen molar-refractivity contribution in [3.8, 4) is 0 Å². The molecule has 35 heavy (non-hydrogen) atoms. The van der Waals surface area contributed by atoms with E-state index >= 15 is 0 Å². The molecule has 0 bridgehead atoms. The Kier molecular flexibility index (Phi) is 7.99. The van der Waals surface area contributed by atoms with Gasteiger partial charge in [-0.3, -0.25) is 4.79 Å². The van der Waals surface area contributed by atoms with Gasteiger partial charge in [0.2, 0.25) is 5.91 Å². The minimum atomic E-state index is -1.26. The van der Waals surface area contributed by atoms with Crippen LogP contribution in [-0.2, 0) is 25.7 Å². The number of aromatic nitrogens is 1. The van der Waals surface area contributed by atoms with E-state index in [4.69, 9.17) is 9.47 Å². The number of carbonyl (C=O) groups excluding carboxylic acids is 2.